The molecule has 0 saturated heterocycles. The molecule has 3 nitrogen and oxygen atoms in total. The van der Waals surface area contributed by atoms with Crippen LogP contribution in [-0.2, 0) is 6.54 Å². The zero-order valence-electron chi connectivity index (χ0n) is 9.52. The molecule has 0 aliphatic heterocycles. The topological polar surface area (TPSA) is 40.5 Å². The molecule has 0 amide bonds. The molecule has 1 aromatic rings. The molecular weight excluding hydrogens is 202 g/mol. The van der Waals surface area contributed by atoms with Gasteiger partial charge in [-0.1, -0.05) is 12.1 Å². The van der Waals surface area contributed by atoms with E-state index in [2.05, 4.69) is 11.9 Å². The van der Waals surface area contributed by atoms with E-state index in [4.69, 9.17) is 5.11 Å². The maximum Gasteiger partial charge on any atom is 0.335 e. The number of rotatable bonds is 5. The summed E-state index contributed by atoms with van der Waals surface area (Å²) in [6.07, 6.45) is 2.73. The molecular formula is C13H17NO2. The van der Waals surface area contributed by atoms with Crippen molar-refractivity contribution >= 4 is 5.97 Å². The third kappa shape index (κ3) is 3.07. The second-order valence-electron chi connectivity index (χ2n) is 4.64. The first-order chi connectivity index (χ1) is 7.65. The molecule has 1 fully saturated rings. The second kappa shape index (κ2) is 4.66. The van der Waals surface area contributed by atoms with Gasteiger partial charge in [0.1, 0.15) is 0 Å². The average Bonchev–Trinajstić information content (AvgIpc) is 3.02. The van der Waals surface area contributed by atoms with Crippen LogP contribution in [0.4, 0.5) is 0 Å². The summed E-state index contributed by atoms with van der Waals surface area (Å²) in [6.45, 7) is 2.05. The van der Waals surface area contributed by atoms with Crippen molar-refractivity contribution in [2.75, 3.05) is 13.6 Å². The van der Waals surface area contributed by atoms with Crippen molar-refractivity contribution in [2.45, 2.75) is 19.4 Å². The minimum Gasteiger partial charge on any atom is -0.478 e. The third-order valence-corrected chi connectivity index (χ3v) is 2.92. The molecule has 0 heterocycles. The van der Waals surface area contributed by atoms with Crippen molar-refractivity contribution in [3.8, 4) is 0 Å². The Morgan fingerprint density at radius 1 is 1.38 bits per heavy atom. The highest BCUT2D eigenvalue weighted by atomic mass is 16.4. The highest BCUT2D eigenvalue weighted by Crippen LogP contribution is 2.29. The number of nitrogens with zero attached hydrogens (tertiary/aromatic N) is 1. The summed E-state index contributed by atoms with van der Waals surface area (Å²) in [5, 5.41) is 8.77. The minimum atomic E-state index is -0.863. The molecule has 86 valence electrons. The Kier molecular flexibility index (Phi) is 3.25. The molecule has 1 saturated carbocycles. The summed E-state index contributed by atoms with van der Waals surface area (Å²) >= 11 is 0. The quantitative estimate of drug-likeness (QED) is 0.825. The summed E-state index contributed by atoms with van der Waals surface area (Å²) < 4.78 is 0. The lowest BCUT2D eigenvalue weighted by Gasteiger charge is -2.16. The molecule has 0 spiro atoms. The first-order valence-electron chi connectivity index (χ1n) is 5.66. The number of carboxylic acid groups (broad SMARTS) is 1. The predicted octanol–water partition coefficient (Wildman–Crippen LogP) is 2.23. The molecule has 1 aromatic carbocycles. The van der Waals surface area contributed by atoms with E-state index >= 15 is 0 Å². The van der Waals surface area contributed by atoms with Crippen LogP contribution in [0.1, 0.15) is 28.8 Å². The molecule has 0 aromatic heterocycles. The lowest BCUT2D eigenvalue weighted by atomic mass is 10.1. The number of hydrogen-bond donors (Lipinski definition) is 1. The van der Waals surface area contributed by atoms with E-state index in [0.29, 0.717) is 5.56 Å². The van der Waals surface area contributed by atoms with Crippen LogP contribution in [0.5, 0.6) is 0 Å². The number of aromatic carboxylic acids is 1. The number of benzene rings is 1. The fraction of sp³-hybridized carbons (Fsp3) is 0.462. The van der Waals surface area contributed by atoms with Gasteiger partial charge in [-0.05, 0) is 43.5 Å². The van der Waals surface area contributed by atoms with Gasteiger partial charge in [-0.3, -0.25) is 0 Å². The highest BCUT2D eigenvalue weighted by Gasteiger charge is 2.22. The zero-order chi connectivity index (χ0) is 11.5. The van der Waals surface area contributed by atoms with Crippen molar-refractivity contribution in [1.82, 2.24) is 4.90 Å². The van der Waals surface area contributed by atoms with Crippen LogP contribution in [0.15, 0.2) is 24.3 Å². The van der Waals surface area contributed by atoms with E-state index < -0.39 is 5.97 Å². The summed E-state index contributed by atoms with van der Waals surface area (Å²) in [7, 11) is 2.11. The molecule has 2 rings (SSSR count). The Hall–Kier alpha value is -1.35. The van der Waals surface area contributed by atoms with Gasteiger partial charge in [-0.2, -0.15) is 0 Å². The molecule has 1 N–H and O–H groups in total. The predicted molar refractivity (Wildman–Crippen MR) is 62.5 cm³/mol. The van der Waals surface area contributed by atoms with Crippen LogP contribution in [0, 0.1) is 5.92 Å². The third-order valence-electron chi connectivity index (χ3n) is 2.92. The van der Waals surface area contributed by atoms with Crippen LogP contribution >= 0.6 is 0 Å². The first kappa shape index (κ1) is 11.1. The van der Waals surface area contributed by atoms with E-state index in [1.54, 1.807) is 12.1 Å². The summed E-state index contributed by atoms with van der Waals surface area (Å²) in [4.78, 5) is 13.0. The lowest BCUT2D eigenvalue weighted by Crippen LogP contribution is -2.20. The monoisotopic (exact) mass is 219 g/mol. The highest BCUT2D eigenvalue weighted by molar-refractivity contribution is 5.87. The molecule has 0 atom stereocenters. The largest absolute Gasteiger partial charge is 0.478 e. The van der Waals surface area contributed by atoms with Gasteiger partial charge in [0.05, 0.1) is 5.56 Å². The van der Waals surface area contributed by atoms with Gasteiger partial charge in [-0.15, -0.1) is 0 Å². The van der Waals surface area contributed by atoms with Crippen LogP contribution < -0.4 is 0 Å². The molecule has 0 unspecified atom stereocenters. The van der Waals surface area contributed by atoms with Crippen LogP contribution in [0.25, 0.3) is 0 Å². The van der Waals surface area contributed by atoms with Crippen molar-refractivity contribution in [1.29, 1.82) is 0 Å². The zero-order valence-corrected chi connectivity index (χ0v) is 9.52. The average molecular weight is 219 g/mol. The van der Waals surface area contributed by atoms with E-state index in [1.165, 1.54) is 18.4 Å². The Balaban J connectivity index is 1.90. The number of hydrogen-bond acceptors (Lipinski definition) is 2. The van der Waals surface area contributed by atoms with Crippen LogP contribution in [0.3, 0.4) is 0 Å². The van der Waals surface area contributed by atoms with Crippen molar-refractivity contribution < 1.29 is 9.90 Å². The van der Waals surface area contributed by atoms with E-state index in [1.807, 2.05) is 12.1 Å². The SMILES string of the molecule is CN(Cc1ccc(C(=O)O)cc1)CC1CC1. The Bertz CT molecular complexity index is 368. The summed E-state index contributed by atoms with van der Waals surface area (Å²) in [5.41, 5.74) is 1.53. The van der Waals surface area contributed by atoms with E-state index in [-0.39, 0.29) is 0 Å². The van der Waals surface area contributed by atoms with Gasteiger partial charge in [-0.25, -0.2) is 4.79 Å². The molecule has 1 aliphatic rings. The fourth-order valence-electron chi connectivity index (χ4n) is 1.87. The minimum absolute atomic E-state index is 0.355. The maximum absolute atomic E-state index is 10.7. The Labute approximate surface area is 95.7 Å². The maximum atomic E-state index is 10.7. The first-order valence-corrected chi connectivity index (χ1v) is 5.66. The molecule has 1 aliphatic carbocycles. The van der Waals surface area contributed by atoms with Gasteiger partial charge < -0.3 is 10.0 Å². The van der Waals surface area contributed by atoms with Gasteiger partial charge in [0, 0.05) is 13.1 Å². The van der Waals surface area contributed by atoms with Gasteiger partial charge in [0.25, 0.3) is 0 Å². The summed E-state index contributed by atoms with van der Waals surface area (Å²) in [5.74, 6) is 0.0289. The Morgan fingerprint density at radius 3 is 2.50 bits per heavy atom. The molecule has 0 bridgehead atoms. The van der Waals surface area contributed by atoms with Gasteiger partial charge >= 0.3 is 5.97 Å². The molecule has 0 radical (unpaired) electrons. The van der Waals surface area contributed by atoms with E-state index in [0.717, 1.165) is 19.0 Å². The fourth-order valence-corrected chi connectivity index (χ4v) is 1.87. The van der Waals surface area contributed by atoms with Crippen molar-refractivity contribution in [3.63, 3.8) is 0 Å². The number of carboxylic acids is 1. The van der Waals surface area contributed by atoms with Gasteiger partial charge in [0.15, 0.2) is 0 Å². The normalized spacial score (nSPS) is 15.4. The van der Waals surface area contributed by atoms with Gasteiger partial charge in [0.2, 0.25) is 0 Å². The number of carbonyl (C=O) groups is 1. The van der Waals surface area contributed by atoms with Crippen LogP contribution in [-0.4, -0.2) is 29.6 Å². The Morgan fingerprint density at radius 2 is 2.00 bits per heavy atom. The lowest BCUT2D eigenvalue weighted by molar-refractivity contribution is 0.0697. The van der Waals surface area contributed by atoms with Crippen molar-refractivity contribution in [2.24, 2.45) is 5.92 Å². The van der Waals surface area contributed by atoms with E-state index in [9.17, 15) is 4.79 Å². The van der Waals surface area contributed by atoms with Crippen LogP contribution in [0.2, 0.25) is 0 Å². The second-order valence-corrected chi connectivity index (χ2v) is 4.64. The standard InChI is InChI=1S/C13H17NO2/c1-14(8-10-2-3-10)9-11-4-6-12(7-5-11)13(15)16/h4-7,10H,2-3,8-9H2,1H3,(H,15,16). The molecule has 3 heteroatoms. The smallest absolute Gasteiger partial charge is 0.335 e. The summed E-state index contributed by atoms with van der Waals surface area (Å²) in [6, 6.07) is 7.13. The van der Waals surface area contributed by atoms with Crippen molar-refractivity contribution in [3.05, 3.63) is 35.4 Å². The molecule has 16 heavy (non-hydrogen) atoms.